The Morgan fingerprint density at radius 2 is 1.95 bits per heavy atom. The van der Waals surface area contributed by atoms with Crippen molar-refractivity contribution in [3.05, 3.63) is 0 Å². The van der Waals surface area contributed by atoms with Gasteiger partial charge in [-0.05, 0) is 59.4 Å². The Hall–Kier alpha value is -0.120. The fourth-order valence-corrected chi connectivity index (χ4v) is 4.47. The summed E-state index contributed by atoms with van der Waals surface area (Å²) < 4.78 is 6.34. The first-order valence-corrected chi connectivity index (χ1v) is 7.92. The molecule has 2 unspecified atom stereocenters. The van der Waals surface area contributed by atoms with Crippen molar-refractivity contribution in [2.45, 2.75) is 77.0 Å². The topological polar surface area (TPSA) is 38.5 Å². The third-order valence-electron chi connectivity index (χ3n) is 5.41. The summed E-state index contributed by atoms with van der Waals surface area (Å²) >= 11 is 0. The lowest BCUT2D eigenvalue weighted by molar-refractivity contribution is -0.109. The predicted molar refractivity (Wildman–Crippen MR) is 80.2 cm³/mol. The Labute approximate surface area is 118 Å². The van der Waals surface area contributed by atoms with E-state index in [1.54, 1.807) is 0 Å². The highest BCUT2D eigenvalue weighted by Crippen LogP contribution is 2.49. The van der Waals surface area contributed by atoms with E-state index in [4.69, 9.17) is 10.5 Å². The van der Waals surface area contributed by atoms with E-state index in [1.165, 1.54) is 32.4 Å². The number of hydrogen-bond acceptors (Lipinski definition) is 3. The van der Waals surface area contributed by atoms with Gasteiger partial charge in [0.15, 0.2) is 0 Å². The molecule has 0 amide bonds. The minimum Gasteiger partial charge on any atom is -0.368 e. The molecule has 3 heteroatoms. The summed E-state index contributed by atoms with van der Waals surface area (Å²) in [5.41, 5.74) is 6.03. The minimum absolute atomic E-state index is 0.00431. The maximum absolute atomic E-state index is 6.34. The molecule has 2 N–H and O–H groups in total. The van der Waals surface area contributed by atoms with Crippen LogP contribution in [0.4, 0.5) is 0 Å². The van der Waals surface area contributed by atoms with Gasteiger partial charge in [-0.25, -0.2) is 0 Å². The van der Waals surface area contributed by atoms with Crippen LogP contribution < -0.4 is 5.73 Å². The third kappa shape index (κ3) is 2.57. The summed E-state index contributed by atoms with van der Waals surface area (Å²) in [6, 6.07) is 0. The number of nitrogens with two attached hydrogens (primary N) is 1. The molecule has 19 heavy (non-hydrogen) atoms. The Morgan fingerprint density at radius 1 is 1.26 bits per heavy atom. The van der Waals surface area contributed by atoms with Gasteiger partial charge in [-0.1, -0.05) is 13.3 Å². The van der Waals surface area contributed by atoms with Crippen molar-refractivity contribution in [3.8, 4) is 0 Å². The Morgan fingerprint density at radius 3 is 2.42 bits per heavy atom. The first kappa shape index (κ1) is 15.3. The van der Waals surface area contributed by atoms with Crippen LogP contribution in [0, 0.1) is 5.92 Å². The van der Waals surface area contributed by atoms with Gasteiger partial charge in [-0.3, -0.25) is 4.90 Å². The number of piperidine rings is 1. The normalized spacial score (nSPS) is 38.5. The van der Waals surface area contributed by atoms with Crippen LogP contribution in [0.15, 0.2) is 0 Å². The molecule has 2 saturated heterocycles. The first-order valence-electron chi connectivity index (χ1n) is 7.92. The number of nitrogens with zero attached hydrogens (tertiary/aromatic N) is 1. The van der Waals surface area contributed by atoms with E-state index < -0.39 is 0 Å². The average Bonchev–Trinajstić information content (AvgIpc) is 2.54. The second kappa shape index (κ2) is 5.01. The highest BCUT2D eigenvalue weighted by atomic mass is 16.5. The summed E-state index contributed by atoms with van der Waals surface area (Å²) in [6.45, 7) is 14.2. The van der Waals surface area contributed by atoms with Crippen LogP contribution >= 0.6 is 0 Å². The van der Waals surface area contributed by atoms with Gasteiger partial charge in [-0.15, -0.1) is 0 Å². The van der Waals surface area contributed by atoms with Crippen molar-refractivity contribution < 1.29 is 4.74 Å². The molecule has 112 valence electrons. The molecule has 0 radical (unpaired) electrons. The van der Waals surface area contributed by atoms with Gasteiger partial charge < -0.3 is 10.5 Å². The van der Waals surface area contributed by atoms with E-state index in [0.717, 1.165) is 12.3 Å². The van der Waals surface area contributed by atoms with Gasteiger partial charge in [0.25, 0.3) is 0 Å². The number of hydrogen-bond donors (Lipinski definition) is 1. The lowest BCUT2D eigenvalue weighted by atomic mass is 9.75. The molecule has 2 aliphatic rings. The number of rotatable bonds is 3. The van der Waals surface area contributed by atoms with Crippen molar-refractivity contribution in [2.75, 3.05) is 19.6 Å². The average molecular weight is 268 g/mol. The fourth-order valence-electron chi connectivity index (χ4n) is 4.47. The Bertz CT molecular complexity index is 327. The zero-order valence-electron chi connectivity index (χ0n) is 13.5. The van der Waals surface area contributed by atoms with Gasteiger partial charge in [0.1, 0.15) is 0 Å². The van der Waals surface area contributed by atoms with Crippen molar-refractivity contribution in [3.63, 3.8) is 0 Å². The summed E-state index contributed by atoms with van der Waals surface area (Å²) in [4.78, 5) is 2.65. The summed E-state index contributed by atoms with van der Waals surface area (Å²) in [5.74, 6) is 0.830. The molecule has 2 heterocycles. The standard InChI is InChI=1S/C16H32N2O/c1-6-13-8-7-9-18(10-13)16(12-17)11-14(2,3)19-15(16,4)5/h13H,6-12,17H2,1-5H3. The molecular weight excluding hydrogens is 236 g/mol. The smallest absolute Gasteiger partial charge is 0.0830 e. The highest BCUT2D eigenvalue weighted by Gasteiger charge is 2.59. The molecule has 2 fully saturated rings. The maximum atomic E-state index is 6.34. The molecule has 0 spiro atoms. The second-order valence-corrected chi connectivity index (χ2v) is 7.65. The van der Waals surface area contributed by atoms with Crippen molar-refractivity contribution in [2.24, 2.45) is 11.7 Å². The van der Waals surface area contributed by atoms with Crippen molar-refractivity contribution in [1.82, 2.24) is 4.90 Å². The SMILES string of the molecule is CCC1CCCN(C2(CN)CC(C)(C)OC2(C)C)C1. The van der Waals surface area contributed by atoms with E-state index in [1.807, 2.05) is 0 Å². The molecular formula is C16H32N2O. The number of likely N-dealkylation sites (tertiary alicyclic amines) is 1. The Balaban J connectivity index is 2.27. The zero-order valence-corrected chi connectivity index (χ0v) is 13.5. The summed E-state index contributed by atoms with van der Waals surface area (Å²) in [7, 11) is 0. The fraction of sp³-hybridized carbons (Fsp3) is 1.00. The Kier molecular flexibility index (Phi) is 4.03. The summed E-state index contributed by atoms with van der Waals surface area (Å²) in [5, 5.41) is 0. The highest BCUT2D eigenvalue weighted by molar-refractivity contribution is 5.13. The molecule has 0 aromatic heterocycles. The van der Waals surface area contributed by atoms with Crippen LogP contribution in [-0.2, 0) is 4.74 Å². The molecule has 2 atom stereocenters. The van der Waals surface area contributed by atoms with Crippen LogP contribution in [0.3, 0.4) is 0 Å². The van der Waals surface area contributed by atoms with Gasteiger partial charge in [0.2, 0.25) is 0 Å². The van der Waals surface area contributed by atoms with Gasteiger partial charge >= 0.3 is 0 Å². The van der Waals surface area contributed by atoms with Crippen LogP contribution in [-0.4, -0.2) is 41.3 Å². The van der Waals surface area contributed by atoms with Crippen LogP contribution in [0.1, 0.15) is 60.3 Å². The number of ether oxygens (including phenoxy) is 1. The van der Waals surface area contributed by atoms with Crippen molar-refractivity contribution >= 4 is 0 Å². The second-order valence-electron chi connectivity index (χ2n) is 7.65. The predicted octanol–water partition coefficient (Wildman–Crippen LogP) is 2.78. The minimum atomic E-state index is -0.166. The van der Waals surface area contributed by atoms with Gasteiger partial charge in [0, 0.05) is 13.1 Å². The van der Waals surface area contributed by atoms with Crippen molar-refractivity contribution in [1.29, 1.82) is 0 Å². The molecule has 0 aromatic carbocycles. The maximum Gasteiger partial charge on any atom is 0.0830 e. The summed E-state index contributed by atoms with van der Waals surface area (Å²) in [6.07, 6.45) is 5.00. The first-order chi connectivity index (χ1) is 8.76. The van der Waals surface area contributed by atoms with E-state index in [2.05, 4.69) is 39.5 Å². The molecule has 0 saturated carbocycles. The van der Waals surface area contributed by atoms with Crippen LogP contribution in [0.2, 0.25) is 0 Å². The van der Waals surface area contributed by atoms with E-state index in [9.17, 15) is 0 Å². The molecule has 0 aliphatic carbocycles. The lowest BCUT2D eigenvalue weighted by Gasteiger charge is -2.50. The largest absolute Gasteiger partial charge is 0.368 e. The lowest BCUT2D eigenvalue weighted by Crippen LogP contribution is -2.65. The molecule has 0 aromatic rings. The molecule has 2 rings (SSSR count). The van der Waals surface area contributed by atoms with E-state index in [0.29, 0.717) is 6.54 Å². The molecule has 2 aliphatic heterocycles. The molecule has 0 bridgehead atoms. The van der Waals surface area contributed by atoms with Crippen LogP contribution in [0.25, 0.3) is 0 Å². The molecule has 3 nitrogen and oxygen atoms in total. The van der Waals surface area contributed by atoms with Gasteiger partial charge in [0.05, 0.1) is 16.7 Å². The zero-order chi connectivity index (χ0) is 14.3. The monoisotopic (exact) mass is 268 g/mol. The van der Waals surface area contributed by atoms with E-state index >= 15 is 0 Å². The van der Waals surface area contributed by atoms with Crippen LogP contribution in [0.5, 0.6) is 0 Å². The third-order valence-corrected chi connectivity index (χ3v) is 5.41. The quantitative estimate of drug-likeness (QED) is 0.855. The van der Waals surface area contributed by atoms with Gasteiger partial charge in [-0.2, -0.15) is 0 Å². The van der Waals surface area contributed by atoms with E-state index in [-0.39, 0.29) is 16.7 Å².